The fraction of sp³-hybridized carbons (Fsp3) is 0.480. The Balaban J connectivity index is 1.53. The van der Waals surface area contributed by atoms with Gasteiger partial charge < -0.3 is 14.9 Å². The van der Waals surface area contributed by atoms with E-state index >= 15 is 0 Å². The number of ether oxygens (including phenoxy) is 1. The summed E-state index contributed by atoms with van der Waals surface area (Å²) in [6, 6.07) is 11.5. The molecule has 1 saturated heterocycles. The van der Waals surface area contributed by atoms with Crippen molar-refractivity contribution >= 4 is 40.8 Å². The monoisotopic (exact) mass is 513 g/mol. The SMILES string of the molecule is C[C@@H](OC[C@H](O)CN1CCC[C@H]1Cc1ccc(Cl)c(Cl)c1)c1ccc(Cl)cc1CCC(=O)O. The third-order valence-electron chi connectivity index (χ3n) is 6.09. The Kier molecular flexibility index (Phi) is 9.86. The minimum Gasteiger partial charge on any atom is -0.481 e. The van der Waals surface area contributed by atoms with Gasteiger partial charge in [-0.2, -0.15) is 0 Å². The summed E-state index contributed by atoms with van der Waals surface area (Å²) in [4.78, 5) is 13.3. The summed E-state index contributed by atoms with van der Waals surface area (Å²) in [5.41, 5.74) is 2.89. The van der Waals surface area contributed by atoms with Gasteiger partial charge in [0.15, 0.2) is 0 Å². The van der Waals surface area contributed by atoms with Crippen molar-refractivity contribution in [2.45, 2.75) is 57.3 Å². The normalized spacial score (nSPS) is 18.4. The number of hydrogen-bond donors (Lipinski definition) is 2. The van der Waals surface area contributed by atoms with Crippen LogP contribution in [0.3, 0.4) is 0 Å². The van der Waals surface area contributed by atoms with Crippen molar-refractivity contribution in [3.63, 3.8) is 0 Å². The Morgan fingerprint density at radius 2 is 1.97 bits per heavy atom. The zero-order valence-corrected chi connectivity index (χ0v) is 20.9. The first-order valence-electron chi connectivity index (χ1n) is 11.2. The van der Waals surface area contributed by atoms with Crippen LogP contribution in [0.2, 0.25) is 15.1 Å². The van der Waals surface area contributed by atoms with E-state index in [1.807, 2.05) is 31.2 Å². The highest BCUT2D eigenvalue weighted by Crippen LogP contribution is 2.28. The lowest BCUT2D eigenvalue weighted by Crippen LogP contribution is -2.39. The van der Waals surface area contributed by atoms with Gasteiger partial charge in [0.1, 0.15) is 0 Å². The Morgan fingerprint density at radius 1 is 1.18 bits per heavy atom. The second kappa shape index (κ2) is 12.4. The quantitative estimate of drug-likeness (QED) is 0.396. The second-order valence-corrected chi connectivity index (χ2v) is 9.86. The molecule has 5 nitrogen and oxygen atoms in total. The van der Waals surface area contributed by atoms with Crippen LogP contribution in [0.1, 0.15) is 49.0 Å². The molecule has 0 amide bonds. The van der Waals surface area contributed by atoms with Crippen molar-refractivity contribution in [3.8, 4) is 0 Å². The number of benzene rings is 2. The van der Waals surface area contributed by atoms with Gasteiger partial charge in [-0.25, -0.2) is 0 Å². The van der Waals surface area contributed by atoms with Crippen LogP contribution in [0, 0.1) is 0 Å². The Morgan fingerprint density at radius 3 is 2.70 bits per heavy atom. The van der Waals surface area contributed by atoms with E-state index in [4.69, 9.17) is 44.6 Å². The molecule has 1 aliphatic heterocycles. The number of aliphatic hydroxyl groups excluding tert-OH is 1. The van der Waals surface area contributed by atoms with Gasteiger partial charge in [-0.1, -0.05) is 46.9 Å². The van der Waals surface area contributed by atoms with Crippen LogP contribution in [-0.2, 0) is 22.4 Å². The lowest BCUT2D eigenvalue weighted by atomic mass is 9.99. The van der Waals surface area contributed by atoms with E-state index in [0.717, 1.165) is 42.5 Å². The first-order chi connectivity index (χ1) is 15.7. The van der Waals surface area contributed by atoms with Crippen LogP contribution in [0.25, 0.3) is 0 Å². The van der Waals surface area contributed by atoms with Gasteiger partial charge in [0.25, 0.3) is 0 Å². The lowest BCUT2D eigenvalue weighted by Gasteiger charge is -2.28. The topological polar surface area (TPSA) is 70.0 Å². The van der Waals surface area contributed by atoms with Crippen molar-refractivity contribution in [1.82, 2.24) is 4.90 Å². The van der Waals surface area contributed by atoms with E-state index in [1.54, 1.807) is 12.1 Å². The van der Waals surface area contributed by atoms with Crippen LogP contribution in [0.5, 0.6) is 0 Å². The number of hydrogen-bond acceptors (Lipinski definition) is 4. The van der Waals surface area contributed by atoms with E-state index < -0.39 is 12.1 Å². The van der Waals surface area contributed by atoms with Crippen molar-refractivity contribution in [3.05, 3.63) is 68.2 Å². The molecule has 0 spiro atoms. The maximum absolute atomic E-state index is 11.0. The van der Waals surface area contributed by atoms with Gasteiger partial charge in [-0.3, -0.25) is 9.69 Å². The van der Waals surface area contributed by atoms with Gasteiger partial charge in [-0.15, -0.1) is 0 Å². The molecule has 0 saturated carbocycles. The number of aliphatic hydroxyl groups is 1. The number of β-amino-alcohol motifs (C(OH)–C–C–N with tert-alkyl or cyclic N) is 1. The molecule has 0 unspecified atom stereocenters. The van der Waals surface area contributed by atoms with Gasteiger partial charge in [-0.05, 0) is 80.1 Å². The van der Waals surface area contributed by atoms with Gasteiger partial charge in [0, 0.05) is 24.0 Å². The number of carboxylic acid groups (broad SMARTS) is 1. The van der Waals surface area contributed by atoms with Gasteiger partial charge in [0.05, 0.1) is 28.9 Å². The molecule has 1 heterocycles. The first kappa shape index (κ1) is 26.3. The minimum absolute atomic E-state index is 0.0257. The minimum atomic E-state index is -0.856. The number of aryl methyl sites for hydroxylation is 1. The molecule has 3 rings (SSSR count). The zero-order valence-electron chi connectivity index (χ0n) is 18.6. The number of rotatable bonds is 11. The summed E-state index contributed by atoms with van der Waals surface area (Å²) in [7, 11) is 0. The fourth-order valence-electron chi connectivity index (χ4n) is 4.40. The average Bonchev–Trinajstić information content (AvgIpc) is 3.19. The van der Waals surface area contributed by atoms with E-state index in [2.05, 4.69) is 4.90 Å². The molecule has 1 aliphatic rings. The second-order valence-electron chi connectivity index (χ2n) is 8.61. The fourth-order valence-corrected chi connectivity index (χ4v) is 4.92. The molecule has 0 aliphatic carbocycles. The number of halogens is 3. The third-order valence-corrected chi connectivity index (χ3v) is 7.06. The largest absolute Gasteiger partial charge is 0.481 e. The van der Waals surface area contributed by atoms with Crippen LogP contribution in [0.15, 0.2) is 36.4 Å². The molecule has 0 aromatic heterocycles. The summed E-state index contributed by atoms with van der Waals surface area (Å²) in [6.07, 6.45) is 2.51. The predicted molar refractivity (Wildman–Crippen MR) is 133 cm³/mol. The van der Waals surface area contributed by atoms with Crippen LogP contribution in [0.4, 0.5) is 0 Å². The first-order valence-corrected chi connectivity index (χ1v) is 12.3. The standard InChI is InChI=1S/C25H30Cl3NO4/c1-16(22-7-6-19(26)13-18(22)5-9-25(31)32)33-15-21(30)14-29-10-2-3-20(29)11-17-4-8-23(27)24(28)12-17/h4,6-8,12-13,16,20-21,30H,2-3,5,9-11,14-15H2,1H3,(H,31,32)/t16-,20+,21-/m1/s1. The molecule has 2 aromatic carbocycles. The molecular formula is C25H30Cl3NO4. The summed E-state index contributed by atoms with van der Waals surface area (Å²) in [5, 5.41) is 21.3. The Bertz CT molecular complexity index is 955. The molecule has 0 bridgehead atoms. The van der Waals surface area contributed by atoms with Crippen LogP contribution < -0.4 is 0 Å². The summed E-state index contributed by atoms with van der Waals surface area (Å²) < 4.78 is 5.97. The summed E-state index contributed by atoms with van der Waals surface area (Å²) in [5.74, 6) is -0.856. The van der Waals surface area contributed by atoms with E-state index in [0.29, 0.717) is 34.1 Å². The number of nitrogens with zero attached hydrogens (tertiary/aromatic N) is 1. The zero-order chi connectivity index (χ0) is 24.0. The molecule has 8 heteroatoms. The molecule has 2 N–H and O–H groups in total. The van der Waals surface area contributed by atoms with Crippen LogP contribution >= 0.6 is 34.8 Å². The maximum atomic E-state index is 11.0. The number of aliphatic carboxylic acids is 1. The summed E-state index contributed by atoms with van der Waals surface area (Å²) in [6.45, 7) is 3.57. The highest BCUT2D eigenvalue weighted by Gasteiger charge is 2.27. The van der Waals surface area contributed by atoms with Crippen molar-refractivity contribution in [2.75, 3.05) is 19.7 Å². The van der Waals surface area contributed by atoms with Crippen molar-refractivity contribution in [1.29, 1.82) is 0 Å². The predicted octanol–water partition coefficient (Wildman–Crippen LogP) is 5.81. The number of carbonyl (C=O) groups is 1. The average molecular weight is 515 g/mol. The van der Waals surface area contributed by atoms with Crippen molar-refractivity contribution in [2.24, 2.45) is 0 Å². The molecule has 1 fully saturated rings. The van der Waals surface area contributed by atoms with Gasteiger partial charge >= 0.3 is 5.97 Å². The highest BCUT2D eigenvalue weighted by atomic mass is 35.5. The van der Waals surface area contributed by atoms with Gasteiger partial charge in [0.2, 0.25) is 0 Å². The molecule has 180 valence electrons. The maximum Gasteiger partial charge on any atom is 0.303 e. The Hall–Kier alpha value is -1.34. The molecule has 33 heavy (non-hydrogen) atoms. The van der Waals surface area contributed by atoms with Crippen LogP contribution in [-0.4, -0.2) is 52.9 Å². The summed E-state index contributed by atoms with van der Waals surface area (Å²) >= 11 is 18.3. The Labute approximate surface area is 210 Å². The highest BCUT2D eigenvalue weighted by molar-refractivity contribution is 6.42. The molecule has 3 atom stereocenters. The number of carboxylic acids is 1. The van der Waals surface area contributed by atoms with E-state index in [-0.39, 0.29) is 19.1 Å². The number of likely N-dealkylation sites (tertiary alicyclic amines) is 1. The van der Waals surface area contributed by atoms with Crippen molar-refractivity contribution < 1.29 is 19.7 Å². The smallest absolute Gasteiger partial charge is 0.303 e. The molecule has 2 aromatic rings. The molecule has 0 radical (unpaired) electrons. The van der Waals surface area contributed by atoms with E-state index in [1.165, 1.54) is 0 Å². The van der Waals surface area contributed by atoms with E-state index in [9.17, 15) is 9.90 Å². The lowest BCUT2D eigenvalue weighted by molar-refractivity contribution is -0.136. The molecular weight excluding hydrogens is 485 g/mol. The third kappa shape index (κ3) is 7.84.